The molecule has 0 atom stereocenters. The molecule has 114 valence electrons. The lowest BCUT2D eigenvalue weighted by Gasteiger charge is -2.06. The summed E-state index contributed by atoms with van der Waals surface area (Å²) >= 11 is 0. The topological polar surface area (TPSA) is 81.2 Å². The van der Waals surface area contributed by atoms with Crippen molar-refractivity contribution in [1.82, 2.24) is 9.97 Å². The third-order valence-corrected chi connectivity index (χ3v) is 3.28. The number of benzene rings is 1. The number of fused-ring (bicyclic) bond motifs is 1. The minimum atomic E-state index is -0.494. The number of nitrogens with one attached hydrogen (secondary N) is 1. The fourth-order valence-electron chi connectivity index (χ4n) is 2.12. The summed E-state index contributed by atoms with van der Waals surface area (Å²) in [6.07, 6.45) is 3.03. The van der Waals surface area contributed by atoms with Gasteiger partial charge in [-0.2, -0.15) is 0 Å². The number of pyridine rings is 2. The predicted molar refractivity (Wildman–Crippen MR) is 85.3 cm³/mol. The molecule has 1 amide bonds. The van der Waals surface area contributed by atoms with E-state index in [0.29, 0.717) is 11.3 Å². The van der Waals surface area contributed by atoms with E-state index in [2.05, 4.69) is 20.0 Å². The Morgan fingerprint density at radius 3 is 2.70 bits per heavy atom. The molecule has 0 unspecified atom stereocenters. The number of nitrogens with zero attached hydrogens (tertiary/aromatic N) is 2. The van der Waals surface area contributed by atoms with Crippen molar-refractivity contribution < 1.29 is 14.3 Å². The largest absolute Gasteiger partial charge is 0.465 e. The van der Waals surface area contributed by atoms with Crippen LogP contribution < -0.4 is 5.32 Å². The van der Waals surface area contributed by atoms with Crippen LogP contribution in [-0.2, 0) is 4.74 Å². The van der Waals surface area contributed by atoms with Crippen molar-refractivity contribution in [2.75, 3.05) is 12.4 Å². The maximum Gasteiger partial charge on any atom is 0.339 e. The summed E-state index contributed by atoms with van der Waals surface area (Å²) in [5.41, 5.74) is 2.00. The number of carbonyl (C=O) groups excluding carboxylic acids is 2. The van der Waals surface area contributed by atoms with Crippen LogP contribution in [-0.4, -0.2) is 29.0 Å². The van der Waals surface area contributed by atoms with Crippen molar-refractivity contribution >= 4 is 28.5 Å². The monoisotopic (exact) mass is 307 g/mol. The van der Waals surface area contributed by atoms with E-state index in [1.165, 1.54) is 25.4 Å². The first-order valence-electron chi connectivity index (χ1n) is 6.88. The normalized spacial score (nSPS) is 10.3. The number of carbonyl (C=O) groups is 2. The minimum absolute atomic E-state index is 0.212. The van der Waals surface area contributed by atoms with Crippen LogP contribution >= 0.6 is 0 Å². The van der Waals surface area contributed by atoms with Crippen molar-refractivity contribution in [3.05, 3.63) is 66.1 Å². The zero-order valence-corrected chi connectivity index (χ0v) is 12.3. The van der Waals surface area contributed by atoms with Gasteiger partial charge in [0.2, 0.25) is 0 Å². The minimum Gasteiger partial charge on any atom is -0.465 e. The molecule has 3 rings (SSSR count). The Kier molecular flexibility index (Phi) is 3.97. The number of esters is 1. The first-order chi connectivity index (χ1) is 11.2. The molecule has 2 aromatic heterocycles. The Hall–Kier alpha value is -3.28. The van der Waals surface area contributed by atoms with Crippen LogP contribution in [0.3, 0.4) is 0 Å². The van der Waals surface area contributed by atoms with Gasteiger partial charge >= 0.3 is 5.97 Å². The molecule has 2 heterocycles. The molecule has 23 heavy (non-hydrogen) atoms. The number of anilines is 1. The molecule has 0 radical (unpaired) electrons. The van der Waals surface area contributed by atoms with E-state index in [-0.39, 0.29) is 11.6 Å². The first-order valence-corrected chi connectivity index (χ1v) is 6.88. The van der Waals surface area contributed by atoms with Gasteiger partial charge in [0.05, 0.1) is 18.2 Å². The number of amides is 1. The van der Waals surface area contributed by atoms with E-state index >= 15 is 0 Å². The summed E-state index contributed by atoms with van der Waals surface area (Å²) in [6, 6.07) is 12.2. The van der Waals surface area contributed by atoms with E-state index < -0.39 is 5.97 Å². The molecule has 0 aliphatic rings. The van der Waals surface area contributed by atoms with Gasteiger partial charge in [0.15, 0.2) is 0 Å². The molecule has 0 aliphatic heterocycles. The van der Waals surface area contributed by atoms with Crippen molar-refractivity contribution in [3.8, 4) is 0 Å². The molecule has 0 spiro atoms. The van der Waals surface area contributed by atoms with Gasteiger partial charge in [-0.3, -0.25) is 14.8 Å². The van der Waals surface area contributed by atoms with Crippen LogP contribution in [0.5, 0.6) is 0 Å². The second-order valence-corrected chi connectivity index (χ2v) is 4.79. The highest BCUT2D eigenvalue weighted by Crippen LogP contribution is 2.17. The quantitative estimate of drug-likeness (QED) is 0.752. The summed E-state index contributed by atoms with van der Waals surface area (Å²) in [4.78, 5) is 31.7. The van der Waals surface area contributed by atoms with Gasteiger partial charge in [0.25, 0.3) is 5.91 Å². The number of methoxy groups -OCH3 is 1. The molecule has 3 aromatic rings. The highest BCUT2D eigenvalue weighted by molar-refractivity contribution is 6.04. The van der Waals surface area contributed by atoms with Crippen molar-refractivity contribution in [2.24, 2.45) is 0 Å². The SMILES string of the molecule is COC(=O)c1ccc(C(=O)Nc2ccc3ncccc3c2)nc1. The molecule has 0 saturated carbocycles. The standard InChI is InChI=1S/C17H13N3O3/c1-23-17(22)12-4-6-15(19-10-12)16(21)20-13-5-7-14-11(9-13)3-2-8-18-14/h2-10H,1H3,(H,20,21). The van der Waals surface area contributed by atoms with E-state index in [1.54, 1.807) is 12.3 Å². The smallest absolute Gasteiger partial charge is 0.339 e. The number of rotatable bonds is 3. The molecule has 1 aromatic carbocycles. The van der Waals surface area contributed by atoms with Gasteiger partial charge in [0.1, 0.15) is 5.69 Å². The molecule has 0 fully saturated rings. The number of hydrogen-bond acceptors (Lipinski definition) is 5. The second-order valence-electron chi connectivity index (χ2n) is 4.79. The molecular weight excluding hydrogens is 294 g/mol. The Bertz CT molecular complexity index is 876. The zero-order chi connectivity index (χ0) is 16.2. The predicted octanol–water partition coefficient (Wildman–Crippen LogP) is 2.67. The van der Waals surface area contributed by atoms with E-state index in [4.69, 9.17) is 0 Å². The van der Waals surface area contributed by atoms with E-state index in [1.807, 2.05) is 24.3 Å². The lowest BCUT2D eigenvalue weighted by molar-refractivity contribution is 0.0600. The van der Waals surface area contributed by atoms with E-state index in [9.17, 15) is 9.59 Å². The van der Waals surface area contributed by atoms with Gasteiger partial charge in [-0.05, 0) is 36.4 Å². The summed E-state index contributed by atoms with van der Waals surface area (Å²) in [5, 5.41) is 3.70. The first kappa shape index (κ1) is 14.6. The number of hydrogen-bond donors (Lipinski definition) is 1. The average Bonchev–Trinajstić information content (AvgIpc) is 2.61. The molecule has 0 bridgehead atoms. The molecule has 1 N–H and O–H groups in total. The van der Waals surface area contributed by atoms with Gasteiger partial charge < -0.3 is 10.1 Å². The van der Waals surface area contributed by atoms with Gasteiger partial charge in [-0.1, -0.05) is 6.07 Å². The maximum absolute atomic E-state index is 12.2. The fraction of sp³-hybridized carbons (Fsp3) is 0.0588. The van der Waals surface area contributed by atoms with Gasteiger partial charge in [-0.15, -0.1) is 0 Å². The number of aromatic nitrogens is 2. The second kappa shape index (κ2) is 6.23. The highest BCUT2D eigenvalue weighted by Gasteiger charge is 2.11. The molecule has 0 aliphatic carbocycles. The third-order valence-electron chi connectivity index (χ3n) is 3.28. The average molecular weight is 307 g/mol. The van der Waals surface area contributed by atoms with Crippen LogP contribution in [0, 0.1) is 0 Å². The van der Waals surface area contributed by atoms with Crippen molar-refractivity contribution in [3.63, 3.8) is 0 Å². The maximum atomic E-state index is 12.2. The molecule has 6 heteroatoms. The molecule has 6 nitrogen and oxygen atoms in total. The van der Waals surface area contributed by atoms with Gasteiger partial charge in [-0.25, -0.2) is 4.79 Å². The summed E-state index contributed by atoms with van der Waals surface area (Å²) in [7, 11) is 1.29. The van der Waals surface area contributed by atoms with Crippen LogP contribution in [0.4, 0.5) is 5.69 Å². The Morgan fingerprint density at radius 1 is 1.09 bits per heavy atom. The summed E-state index contributed by atoms with van der Waals surface area (Å²) in [5.74, 6) is -0.851. The van der Waals surface area contributed by atoms with Crippen LogP contribution in [0.15, 0.2) is 54.9 Å². The van der Waals surface area contributed by atoms with Gasteiger partial charge in [0, 0.05) is 23.5 Å². The lowest BCUT2D eigenvalue weighted by Crippen LogP contribution is -2.14. The lowest BCUT2D eigenvalue weighted by atomic mass is 10.2. The van der Waals surface area contributed by atoms with Crippen molar-refractivity contribution in [1.29, 1.82) is 0 Å². The molecular formula is C17H13N3O3. The Labute approximate surface area is 132 Å². The Balaban J connectivity index is 1.78. The third kappa shape index (κ3) is 3.16. The van der Waals surface area contributed by atoms with Crippen LogP contribution in [0.1, 0.15) is 20.8 Å². The van der Waals surface area contributed by atoms with Crippen molar-refractivity contribution in [2.45, 2.75) is 0 Å². The summed E-state index contributed by atoms with van der Waals surface area (Å²) < 4.78 is 4.59. The zero-order valence-electron chi connectivity index (χ0n) is 12.3. The van der Waals surface area contributed by atoms with Crippen LogP contribution in [0.2, 0.25) is 0 Å². The number of ether oxygens (including phenoxy) is 1. The highest BCUT2D eigenvalue weighted by atomic mass is 16.5. The summed E-state index contributed by atoms with van der Waals surface area (Å²) in [6.45, 7) is 0. The van der Waals surface area contributed by atoms with E-state index in [0.717, 1.165) is 10.9 Å². The Morgan fingerprint density at radius 2 is 1.96 bits per heavy atom. The molecule has 0 saturated heterocycles. The van der Waals surface area contributed by atoms with Crippen LogP contribution in [0.25, 0.3) is 10.9 Å². The fourth-order valence-corrected chi connectivity index (χ4v) is 2.12.